The molecule has 0 radical (unpaired) electrons. The second kappa shape index (κ2) is 7.23. The minimum atomic E-state index is -4.63. The average molecular weight is 364 g/mol. The molecule has 2 rings (SSSR count). The lowest BCUT2D eigenvalue weighted by molar-refractivity contribution is -0.137. The van der Waals surface area contributed by atoms with Gasteiger partial charge in [0.25, 0.3) is 0 Å². The number of hydrogen-bond acceptors (Lipinski definition) is 2. The molecule has 2 aromatic rings. The van der Waals surface area contributed by atoms with Crippen molar-refractivity contribution in [3.8, 4) is 0 Å². The Morgan fingerprint density at radius 1 is 1.13 bits per heavy atom. The summed E-state index contributed by atoms with van der Waals surface area (Å²) >= 11 is 6.65. The molecule has 122 valence electrons. The van der Waals surface area contributed by atoms with E-state index in [-0.39, 0.29) is 16.5 Å². The zero-order chi connectivity index (χ0) is 17.0. The molecule has 0 saturated carbocycles. The number of carbonyl (C=O) groups excluding carboxylic acids is 1. The summed E-state index contributed by atoms with van der Waals surface area (Å²) in [5.74, 6) is -1.12. The van der Waals surface area contributed by atoms with Crippen LogP contribution < -0.4 is 5.32 Å². The van der Waals surface area contributed by atoms with Crippen LogP contribution in [-0.4, -0.2) is 11.7 Å². The largest absolute Gasteiger partial charge is 0.418 e. The number of benzene rings is 2. The molecule has 8 heteroatoms. The third kappa shape index (κ3) is 5.14. The Hall–Kier alpha value is -1.73. The number of nitrogens with one attached hydrogen (secondary N) is 1. The van der Waals surface area contributed by atoms with E-state index in [0.29, 0.717) is 4.90 Å². The Bertz CT molecular complexity index is 704. The first-order valence-electron chi connectivity index (χ1n) is 6.30. The van der Waals surface area contributed by atoms with E-state index in [4.69, 9.17) is 11.6 Å². The fraction of sp³-hybridized carbons (Fsp3) is 0.133. The van der Waals surface area contributed by atoms with Crippen molar-refractivity contribution in [2.75, 3.05) is 11.1 Å². The predicted molar refractivity (Wildman–Crippen MR) is 82.2 cm³/mol. The van der Waals surface area contributed by atoms with Crippen LogP contribution in [0.15, 0.2) is 47.4 Å². The predicted octanol–water partition coefficient (Wildman–Crippen LogP) is 5.23. The molecular weight excluding hydrogens is 354 g/mol. The van der Waals surface area contributed by atoms with Crippen molar-refractivity contribution in [1.82, 2.24) is 0 Å². The van der Waals surface area contributed by atoms with Crippen molar-refractivity contribution in [2.24, 2.45) is 0 Å². The molecule has 2 aromatic carbocycles. The number of carbonyl (C=O) groups is 1. The number of anilines is 1. The molecule has 0 bridgehead atoms. The number of rotatable bonds is 4. The zero-order valence-corrected chi connectivity index (χ0v) is 13.0. The molecule has 0 aliphatic carbocycles. The van der Waals surface area contributed by atoms with E-state index >= 15 is 0 Å². The third-order valence-corrected chi connectivity index (χ3v) is 3.99. The maximum absolute atomic E-state index is 12.9. The highest BCUT2D eigenvalue weighted by Crippen LogP contribution is 2.36. The molecule has 0 atom stereocenters. The number of amides is 1. The number of hydrogen-bond donors (Lipinski definition) is 1. The maximum Gasteiger partial charge on any atom is 0.418 e. The van der Waals surface area contributed by atoms with E-state index in [1.807, 2.05) is 0 Å². The highest BCUT2D eigenvalue weighted by molar-refractivity contribution is 8.00. The van der Waals surface area contributed by atoms with Gasteiger partial charge < -0.3 is 5.32 Å². The molecule has 0 aliphatic rings. The molecule has 0 aliphatic heterocycles. The summed E-state index contributed by atoms with van der Waals surface area (Å²) < 4.78 is 51.5. The van der Waals surface area contributed by atoms with Crippen LogP contribution in [0.3, 0.4) is 0 Å². The minimum absolute atomic E-state index is 0.0731. The van der Waals surface area contributed by atoms with E-state index in [1.54, 1.807) is 0 Å². The maximum atomic E-state index is 12.9. The molecule has 1 N–H and O–H groups in total. The van der Waals surface area contributed by atoms with Crippen molar-refractivity contribution in [3.63, 3.8) is 0 Å². The highest BCUT2D eigenvalue weighted by Gasteiger charge is 2.34. The van der Waals surface area contributed by atoms with E-state index < -0.39 is 23.5 Å². The molecule has 0 saturated heterocycles. The normalized spacial score (nSPS) is 11.3. The van der Waals surface area contributed by atoms with Gasteiger partial charge in [-0.2, -0.15) is 13.2 Å². The van der Waals surface area contributed by atoms with Crippen molar-refractivity contribution in [2.45, 2.75) is 11.1 Å². The van der Waals surface area contributed by atoms with Gasteiger partial charge in [-0.1, -0.05) is 11.6 Å². The summed E-state index contributed by atoms with van der Waals surface area (Å²) in [5.41, 5.74) is -1.36. The Balaban J connectivity index is 2.04. The number of thioether (sulfide) groups is 1. The minimum Gasteiger partial charge on any atom is -0.325 e. The topological polar surface area (TPSA) is 29.1 Å². The van der Waals surface area contributed by atoms with Gasteiger partial charge in [0, 0.05) is 9.92 Å². The van der Waals surface area contributed by atoms with Gasteiger partial charge >= 0.3 is 6.18 Å². The average Bonchev–Trinajstić information content (AvgIpc) is 2.47. The van der Waals surface area contributed by atoms with E-state index in [2.05, 4.69) is 5.32 Å². The molecule has 0 spiro atoms. The van der Waals surface area contributed by atoms with Gasteiger partial charge in [0.05, 0.1) is 17.0 Å². The van der Waals surface area contributed by atoms with Crippen LogP contribution in [0.1, 0.15) is 5.56 Å². The van der Waals surface area contributed by atoms with Gasteiger partial charge in [0.15, 0.2) is 0 Å². The first-order chi connectivity index (χ1) is 10.8. The number of alkyl halides is 3. The molecule has 0 unspecified atom stereocenters. The Labute approximate surface area is 138 Å². The first-order valence-corrected chi connectivity index (χ1v) is 7.67. The summed E-state index contributed by atoms with van der Waals surface area (Å²) in [6.07, 6.45) is -4.63. The van der Waals surface area contributed by atoms with Gasteiger partial charge in [0.1, 0.15) is 5.82 Å². The van der Waals surface area contributed by atoms with Crippen LogP contribution >= 0.6 is 23.4 Å². The van der Waals surface area contributed by atoms with Crippen molar-refractivity contribution >= 4 is 35.0 Å². The van der Waals surface area contributed by atoms with Crippen LogP contribution in [0, 0.1) is 5.82 Å². The lowest BCUT2D eigenvalue weighted by Crippen LogP contribution is -2.18. The summed E-state index contributed by atoms with van der Waals surface area (Å²) in [6.45, 7) is 0. The van der Waals surface area contributed by atoms with Gasteiger partial charge in [-0.25, -0.2) is 4.39 Å². The second-order valence-corrected chi connectivity index (χ2v) is 5.96. The van der Waals surface area contributed by atoms with Crippen molar-refractivity contribution < 1.29 is 22.4 Å². The van der Waals surface area contributed by atoms with E-state index in [0.717, 1.165) is 23.9 Å². The molecule has 2 nitrogen and oxygen atoms in total. The Morgan fingerprint density at radius 3 is 2.39 bits per heavy atom. The van der Waals surface area contributed by atoms with Crippen LogP contribution in [0.4, 0.5) is 23.2 Å². The monoisotopic (exact) mass is 363 g/mol. The first kappa shape index (κ1) is 17.6. The lowest BCUT2D eigenvalue weighted by Gasteiger charge is -2.14. The van der Waals surface area contributed by atoms with Gasteiger partial charge in [0.2, 0.25) is 5.91 Å². The fourth-order valence-corrected chi connectivity index (χ4v) is 2.60. The quantitative estimate of drug-likeness (QED) is 0.595. The summed E-state index contributed by atoms with van der Waals surface area (Å²) in [5, 5.41) is 2.14. The third-order valence-electron chi connectivity index (χ3n) is 2.74. The molecule has 0 heterocycles. The molecule has 0 aromatic heterocycles. The molecular formula is C15H10ClF4NOS. The number of halogens is 5. The summed E-state index contributed by atoms with van der Waals surface area (Å²) in [6, 6.07) is 8.56. The van der Waals surface area contributed by atoms with Crippen molar-refractivity contribution in [3.05, 3.63) is 58.9 Å². The lowest BCUT2D eigenvalue weighted by atomic mass is 10.1. The second-order valence-electron chi connectivity index (χ2n) is 4.48. The summed E-state index contributed by atoms with van der Waals surface area (Å²) in [4.78, 5) is 12.4. The summed E-state index contributed by atoms with van der Waals surface area (Å²) in [7, 11) is 0. The molecule has 0 fully saturated rings. The zero-order valence-electron chi connectivity index (χ0n) is 11.5. The molecule has 23 heavy (non-hydrogen) atoms. The smallest absolute Gasteiger partial charge is 0.325 e. The fourth-order valence-electron chi connectivity index (χ4n) is 1.73. The highest BCUT2D eigenvalue weighted by atomic mass is 35.5. The van der Waals surface area contributed by atoms with Gasteiger partial charge in [-0.15, -0.1) is 11.8 Å². The van der Waals surface area contributed by atoms with Gasteiger partial charge in [-0.05, 0) is 42.5 Å². The van der Waals surface area contributed by atoms with Crippen LogP contribution in [0.2, 0.25) is 5.02 Å². The van der Waals surface area contributed by atoms with Crippen LogP contribution in [0.25, 0.3) is 0 Å². The van der Waals surface area contributed by atoms with E-state index in [1.165, 1.54) is 30.3 Å². The Kier molecular flexibility index (Phi) is 5.54. The van der Waals surface area contributed by atoms with Crippen LogP contribution in [-0.2, 0) is 11.0 Å². The van der Waals surface area contributed by atoms with Crippen LogP contribution in [0.5, 0.6) is 0 Å². The Morgan fingerprint density at radius 2 is 1.78 bits per heavy atom. The standard InChI is InChI=1S/C15H10ClF4NOS/c16-9-1-6-13(12(7-9)15(18,19)20)21-14(22)8-23-11-4-2-10(17)3-5-11/h1-7H,8H2,(H,21,22). The SMILES string of the molecule is O=C(CSc1ccc(F)cc1)Nc1ccc(Cl)cc1C(F)(F)F. The van der Waals surface area contributed by atoms with Crippen molar-refractivity contribution in [1.29, 1.82) is 0 Å². The molecule has 1 amide bonds. The van der Waals surface area contributed by atoms with Gasteiger partial charge in [-0.3, -0.25) is 4.79 Å². The van der Waals surface area contributed by atoms with E-state index in [9.17, 15) is 22.4 Å².